The molecule has 8 heteroatoms. The first-order chi connectivity index (χ1) is 11.7. The number of halogens is 1. The molecule has 4 rings (SSSR count). The zero-order chi connectivity index (χ0) is 16.5. The van der Waals surface area contributed by atoms with Crippen LogP contribution >= 0.6 is 0 Å². The average Bonchev–Trinajstić information content (AvgIpc) is 3.06. The number of hydrogen-bond donors (Lipinski definition) is 1. The SMILES string of the molecule is Cc1cncc(-c2nc(Nc3ccncc3F)c3cccn3n2)n1. The fraction of sp³-hybridized carbons (Fsp3) is 0.0625. The summed E-state index contributed by atoms with van der Waals surface area (Å²) in [7, 11) is 0. The molecule has 24 heavy (non-hydrogen) atoms. The fourth-order valence-electron chi connectivity index (χ4n) is 2.31. The van der Waals surface area contributed by atoms with E-state index >= 15 is 0 Å². The Balaban J connectivity index is 1.85. The lowest BCUT2D eigenvalue weighted by Gasteiger charge is -2.10. The van der Waals surface area contributed by atoms with E-state index in [-0.39, 0.29) is 5.69 Å². The lowest BCUT2D eigenvalue weighted by atomic mass is 10.3. The zero-order valence-electron chi connectivity index (χ0n) is 12.7. The van der Waals surface area contributed by atoms with E-state index < -0.39 is 5.82 Å². The third-order valence-electron chi connectivity index (χ3n) is 3.40. The number of nitrogens with zero attached hydrogens (tertiary/aromatic N) is 6. The number of fused-ring (bicyclic) bond motifs is 1. The van der Waals surface area contributed by atoms with E-state index in [2.05, 4.69) is 30.4 Å². The van der Waals surface area contributed by atoms with Crippen molar-refractivity contribution in [1.29, 1.82) is 0 Å². The van der Waals surface area contributed by atoms with Gasteiger partial charge in [0.25, 0.3) is 0 Å². The zero-order valence-corrected chi connectivity index (χ0v) is 12.7. The van der Waals surface area contributed by atoms with Gasteiger partial charge in [0.2, 0.25) is 5.82 Å². The molecule has 4 aromatic rings. The molecule has 4 heterocycles. The van der Waals surface area contributed by atoms with Crippen molar-refractivity contribution in [3.8, 4) is 11.5 Å². The quantitative estimate of drug-likeness (QED) is 0.625. The highest BCUT2D eigenvalue weighted by Crippen LogP contribution is 2.23. The minimum absolute atomic E-state index is 0.285. The molecule has 118 valence electrons. The Labute approximate surface area is 136 Å². The Kier molecular flexibility index (Phi) is 3.34. The molecule has 0 spiro atoms. The maximum atomic E-state index is 13.9. The Bertz CT molecular complexity index is 1030. The molecule has 7 nitrogen and oxygen atoms in total. The van der Waals surface area contributed by atoms with Crippen LogP contribution in [0, 0.1) is 12.7 Å². The van der Waals surface area contributed by atoms with Crippen LogP contribution in [0.1, 0.15) is 5.69 Å². The maximum absolute atomic E-state index is 13.9. The number of aromatic nitrogens is 6. The van der Waals surface area contributed by atoms with Crippen LogP contribution < -0.4 is 5.32 Å². The van der Waals surface area contributed by atoms with Crippen molar-refractivity contribution in [2.75, 3.05) is 5.32 Å². The predicted octanol–water partition coefficient (Wildman–Crippen LogP) is 2.77. The van der Waals surface area contributed by atoms with Crippen LogP contribution in [0.2, 0.25) is 0 Å². The summed E-state index contributed by atoms with van der Waals surface area (Å²) in [6.07, 6.45) is 7.69. The van der Waals surface area contributed by atoms with Crippen molar-refractivity contribution in [2.45, 2.75) is 6.92 Å². The van der Waals surface area contributed by atoms with Gasteiger partial charge in [-0.15, -0.1) is 5.10 Å². The minimum Gasteiger partial charge on any atom is -0.336 e. The smallest absolute Gasteiger partial charge is 0.202 e. The van der Waals surface area contributed by atoms with Crippen molar-refractivity contribution in [2.24, 2.45) is 0 Å². The van der Waals surface area contributed by atoms with Gasteiger partial charge in [-0.2, -0.15) is 0 Å². The van der Waals surface area contributed by atoms with Crippen LogP contribution in [-0.2, 0) is 0 Å². The van der Waals surface area contributed by atoms with Gasteiger partial charge in [0.15, 0.2) is 11.6 Å². The van der Waals surface area contributed by atoms with E-state index in [4.69, 9.17) is 0 Å². The van der Waals surface area contributed by atoms with E-state index in [0.717, 1.165) is 17.4 Å². The molecule has 0 aliphatic heterocycles. The molecule has 0 saturated carbocycles. The highest BCUT2D eigenvalue weighted by atomic mass is 19.1. The van der Waals surface area contributed by atoms with Gasteiger partial charge in [-0.05, 0) is 25.1 Å². The molecular formula is C16H12FN7. The van der Waals surface area contributed by atoms with Crippen molar-refractivity contribution in [1.82, 2.24) is 29.5 Å². The van der Waals surface area contributed by atoms with Gasteiger partial charge in [-0.1, -0.05) is 0 Å². The van der Waals surface area contributed by atoms with E-state index in [1.807, 2.05) is 19.1 Å². The number of nitrogens with one attached hydrogen (secondary N) is 1. The Morgan fingerprint density at radius 2 is 2.00 bits per heavy atom. The average molecular weight is 321 g/mol. The van der Waals surface area contributed by atoms with Gasteiger partial charge in [-0.3, -0.25) is 9.97 Å². The van der Waals surface area contributed by atoms with E-state index in [1.54, 1.807) is 29.2 Å². The van der Waals surface area contributed by atoms with E-state index in [0.29, 0.717) is 17.3 Å². The van der Waals surface area contributed by atoms with Crippen molar-refractivity contribution in [3.05, 3.63) is 60.7 Å². The van der Waals surface area contributed by atoms with Gasteiger partial charge in [0, 0.05) is 18.6 Å². The van der Waals surface area contributed by atoms with Gasteiger partial charge in [0.05, 0.1) is 23.8 Å². The summed E-state index contributed by atoms with van der Waals surface area (Å²) < 4.78 is 15.5. The van der Waals surface area contributed by atoms with Gasteiger partial charge in [0.1, 0.15) is 11.2 Å². The second-order valence-corrected chi connectivity index (χ2v) is 5.15. The van der Waals surface area contributed by atoms with Crippen molar-refractivity contribution in [3.63, 3.8) is 0 Å². The molecule has 0 fully saturated rings. The molecule has 0 atom stereocenters. The summed E-state index contributed by atoms with van der Waals surface area (Å²) in [5.41, 5.74) is 2.31. The molecule has 0 bridgehead atoms. The first-order valence-electron chi connectivity index (χ1n) is 7.21. The molecule has 4 aromatic heterocycles. The summed E-state index contributed by atoms with van der Waals surface area (Å²) in [5, 5.41) is 7.42. The predicted molar refractivity (Wildman–Crippen MR) is 86.2 cm³/mol. The van der Waals surface area contributed by atoms with Gasteiger partial charge < -0.3 is 5.32 Å². The highest BCUT2D eigenvalue weighted by molar-refractivity contribution is 5.74. The monoisotopic (exact) mass is 321 g/mol. The Morgan fingerprint density at radius 3 is 2.83 bits per heavy atom. The molecule has 0 saturated heterocycles. The molecule has 0 radical (unpaired) electrons. The van der Waals surface area contributed by atoms with Crippen LogP contribution in [0.4, 0.5) is 15.9 Å². The molecule has 0 aromatic carbocycles. The molecule has 0 aliphatic carbocycles. The first kappa shape index (κ1) is 14.2. The van der Waals surface area contributed by atoms with Crippen molar-refractivity contribution < 1.29 is 4.39 Å². The molecule has 0 unspecified atom stereocenters. The lowest BCUT2D eigenvalue weighted by Crippen LogP contribution is -2.05. The number of anilines is 2. The number of rotatable bonds is 3. The Hall–Kier alpha value is -3.42. The van der Waals surface area contributed by atoms with Gasteiger partial charge >= 0.3 is 0 Å². The molecular weight excluding hydrogens is 309 g/mol. The number of hydrogen-bond acceptors (Lipinski definition) is 6. The second-order valence-electron chi connectivity index (χ2n) is 5.15. The third-order valence-corrected chi connectivity index (χ3v) is 3.40. The summed E-state index contributed by atoms with van der Waals surface area (Å²) in [5.74, 6) is 0.406. The Morgan fingerprint density at radius 1 is 1.08 bits per heavy atom. The standard InChI is InChI=1S/C16H12FN7/c1-10-7-19-9-13(20-10)15-22-16(14-3-2-6-24(14)23-15)21-12-4-5-18-8-11(12)17/h2-9H,1H3,(H,18,21,22,23). The molecule has 0 amide bonds. The fourth-order valence-corrected chi connectivity index (χ4v) is 2.31. The molecule has 1 N–H and O–H groups in total. The van der Waals surface area contributed by atoms with Crippen LogP contribution in [0.3, 0.4) is 0 Å². The lowest BCUT2D eigenvalue weighted by molar-refractivity contribution is 0.625. The normalized spacial score (nSPS) is 10.9. The first-order valence-corrected chi connectivity index (χ1v) is 7.21. The van der Waals surface area contributed by atoms with Crippen LogP contribution in [0.5, 0.6) is 0 Å². The maximum Gasteiger partial charge on any atom is 0.202 e. The number of pyridine rings is 1. The van der Waals surface area contributed by atoms with Crippen LogP contribution in [-0.4, -0.2) is 29.5 Å². The minimum atomic E-state index is -0.460. The van der Waals surface area contributed by atoms with E-state index in [9.17, 15) is 4.39 Å². The number of aryl methyl sites for hydroxylation is 1. The summed E-state index contributed by atoms with van der Waals surface area (Å²) in [6, 6.07) is 5.22. The molecule has 0 aliphatic rings. The summed E-state index contributed by atoms with van der Waals surface area (Å²) >= 11 is 0. The largest absolute Gasteiger partial charge is 0.336 e. The van der Waals surface area contributed by atoms with Crippen LogP contribution in [0.25, 0.3) is 17.0 Å². The summed E-state index contributed by atoms with van der Waals surface area (Å²) in [6.45, 7) is 1.84. The third kappa shape index (κ3) is 2.54. The van der Waals surface area contributed by atoms with Crippen molar-refractivity contribution >= 4 is 17.0 Å². The van der Waals surface area contributed by atoms with Crippen LogP contribution in [0.15, 0.2) is 49.2 Å². The summed E-state index contributed by atoms with van der Waals surface area (Å²) in [4.78, 5) is 16.7. The highest BCUT2D eigenvalue weighted by Gasteiger charge is 2.12. The second kappa shape index (κ2) is 5.65. The van der Waals surface area contributed by atoms with E-state index in [1.165, 1.54) is 6.20 Å². The topological polar surface area (TPSA) is 80.9 Å². The van der Waals surface area contributed by atoms with Gasteiger partial charge in [-0.25, -0.2) is 18.9 Å².